The van der Waals surface area contributed by atoms with Crippen LogP contribution in [0.2, 0.25) is 0 Å². The van der Waals surface area contributed by atoms with Gasteiger partial charge in [-0.2, -0.15) is 0 Å². The monoisotopic (exact) mass is 382 g/mol. The fourth-order valence-corrected chi connectivity index (χ4v) is 4.12. The highest BCUT2D eigenvalue weighted by Crippen LogP contribution is 2.35. The highest BCUT2D eigenvalue weighted by Gasteiger charge is 2.34. The molecule has 3 rings (SSSR count). The van der Waals surface area contributed by atoms with Gasteiger partial charge in [-0.25, -0.2) is 13.1 Å². The maximum Gasteiger partial charge on any atom is 0.231 e. The van der Waals surface area contributed by atoms with Crippen LogP contribution in [0.3, 0.4) is 0 Å². The van der Waals surface area contributed by atoms with Crippen LogP contribution < -0.4 is 19.5 Å². The molecule has 1 fully saturated rings. The summed E-state index contributed by atoms with van der Waals surface area (Å²) in [7, 11) is -3.37. The summed E-state index contributed by atoms with van der Waals surface area (Å²) in [4.78, 5) is 12.5. The maximum atomic E-state index is 12.5. The predicted molar refractivity (Wildman–Crippen MR) is 98.7 cm³/mol. The normalized spacial score (nSPS) is 22.9. The Hall–Kier alpha value is -1.80. The molecule has 1 heterocycles. The van der Waals surface area contributed by atoms with E-state index in [1.807, 2.05) is 0 Å². The maximum absolute atomic E-state index is 12.5. The lowest BCUT2D eigenvalue weighted by molar-refractivity contribution is -0.120. The van der Waals surface area contributed by atoms with Gasteiger partial charge < -0.3 is 14.8 Å². The Balaban J connectivity index is 1.52. The van der Waals surface area contributed by atoms with Crippen LogP contribution in [0.15, 0.2) is 18.2 Å². The number of nitrogens with one attached hydrogen (secondary N) is 2. The van der Waals surface area contributed by atoms with E-state index in [2.05, 4.69) is 10.0 Å². The van der Waals surface area contributed by atoms with Gasteiger partial charge in [0.25, 0.3) is 0 Å². The van der Waals surface area contributed by atoms with Crippen LogP contribution in [0.1, 0.15) is 46.5 Å². The van der Waals surface area contributed by atoms with E-state index in [0.29, 0.717) is 42.9 Å². The van der Waals surface area contributed by atoms with E-state index in [-0.39, 0.29) is 24.7 Å². The largest absolute Gasteiger partial charge is 0.454 e. The summed E-state index contributed by atoms with van der Waals surface area (Å²) in [5.74, 6) is 1.15. The predicted octanol–water partition coefficient (Wildman–Crippen LogP) is 2.63. The first-order valence-corrected chi connectivity index (χ1v) is 10.4. The minimum atomic E-state index is -3.37. The van der Waals surface area contributed by atoms with E-state index in [1.165, 1.54) is 0 Å². The number of hydrogen-bond donors (Lipinski definition) is 2. The molecule has 144 valence electrons. The molecule has 26 heavy (non-hydrogen) atoms. The molecule has 1 aliphatic carbocycles. The second-order valence-corrected chi connectivity index (χ2v) is 10.3. The van der Waals surface area contributed by atoms with Gasteiger partial charge in [0.2, 0.25) is 22.7 Å². The van der Waals surface area contributed by atoms with Gasteiger partial charge in [0.1, 0.15) is 0 Å². The van der Waals surface area contributed by atoms with E-state index in [0.717, 1.165) is 0 Å². The van der Waals surface area contributed by atoms with Gasteiger partial charge in [-0.15, -0.1) is 0 Å². The molecule has 8 heteroatoms. The molecule has 0 radical (unpaired) electrons. The molecule has 1 amide bonds. The number of hydrogen-bond acceptors (Lipinski definition) is 5. The molecule has 0 spiro atoms. The Morgan fingerprint density at radius 2 is 1.73 bits per heavy atom. The Kier molecular flexibility index (Phi) is 5.16. The summed E-state index contributed by atoms with van der Waals surface area (Å²) in [6, 6.07) is 5.21. The molecule has 0 unspecified atom stereocenters. The van der Waals surface area contributed by atoms with E-state index in [4.69, 9.17) is 9.47 Å². The molecule has 1 aromatic carbocycles. The number of benzene rings is 1. The third-order valence-corrected chi connectivity index (χ3v) is 7.12. The number of carbonyl (C=O) groups excluding carboxylic acids is 1. The van der Waals surface area contributed by atoms with Crippen molar-refractivity contribution in [1.29, 1.82) is 0 Å². The summed E-state index contributed by atoms with van der Waals surface area (Å²) in [5, 5.41) is 2.92. The van der Waals surface area contributed by atoms with Crippen LogP contribution in [0.25, 0.3) is 0 Å². The van der Waals surface area contributed by atoms with Crippen molar-refractivity contribution in [1.82, 2.24) is 4.72 Å². The van der Waals surface area contributed by atoms with E-state index in [1.54, 1.807) is 39.0 Å². The number of ether oxygens (including phenoxy) is 2. The van der Waals surface area contributed by atoms with Crippen LogP contribution in [0.5, 0.6) is 11.5 Å². The first-order valence-electron chi connectivity index (χ1n) is 8.88. The number of rotatable bonds is 4. The molecule has 0 aromatic heterocycles. The Morgan fingerprint density at radius 3 is 2.38 bits per heavy atom. The van der Waals surface area contributed by atoms with Crippen LogP contribution >= 0.6 is 0 Å². The first-order chi connectivity index (χ1) is 12.2. The molecule has 0 saturated heterocycles. The number of amides is 1. The number of carbonyl (C=O) groups is 1. The van der Waals surface area contributed by atoms with Gasteiger partial charge in [0.05, 0.1) is 4.75 Å². The molecule has 1 saturated carbocycles. The number of fused-ring (bicyclic) bond motifs is 1. The van der Waals surface area contributed by atoms with Gasteiger partial charge in [0.15, 0.2) is 11.5 Å². The van der Waals surface area contributed by atoms with Gasteiger partial charge in [0, 0.05) is 23.7 Å². The zero-order chi connectivity index (χ0) is 18.9. The lowest BCUT2D eigenvalue weighted by atomic mass is 9.86. The van der Waals surface area contributed by atoms with Crippen LogP contribution in [0.4, 0.5) is 5.69 Å². The second-order valence-electron chi connectivity index (χ2n) is 7.84. The molecule has 1 aromatic rings. The Bertz CT molecular complexity index is 777. The van der Waals surface area contributed by atoms with Crippen molar-refractivity contribution in [2.75, 3.05) is 12.1 Å². The fraction of sp³-hybridized carbons (Fsp3) is 0.611. The average Bonchev–Trinajstić information content (AvgIpc) is 3.01. The zero-order valence-corrected chi connectivity index (χ0v) is 16.2. The van der Waals surface area contributed by atoms with E-state index >= 15 is 0 Å². The van der Waals surface area contributed by atoms with Crippen molar-refractivity contribution in [2.24, 2.45) is 5.92 Å². The van der Waals surface area contributed by atoms with Crippen molar-refractivity contribution >= 4 is 21.6 Å². The standard InChI is InChI=1S/C18H26N2O5S/c1-18(2,3)26(22,23)20-13-6-4-12(5-7-13)17(21)19-14-8-9-15-16(10-14)25-11-24-15/h8-10,12-13,20H,4-7,11H2,1-3H3,(H,19,21). The zero-order valence-electron chi connectivity index (χ0n) is 15.4. The Morgan fingerprint density at radius 1 is 1.08 bits per heavy atom. The summed E-state index contributed by atoms with van der Waals surface area (Å²) in [6.45, 7) is 5.24. The molecular weight excluding hydrogens is 356 g/mol. The highest BCUT2D eigenvalue weighted by molar-refractivity contribution is 7.90. The summed E-state index contributed by atoms with van der Waals surface area (Å²) in [5.41, 5.74) is 0.676. The van der Waals surface area contributed by atoms with Crippen molar-refractivity contribution in [3.63, 3.8) is 0 Å². The van der Waals surface area contributed by atoms with Crippen molar-refractivity contribution in [3.05, 3.63) is 18.2 Å². The summed E-state index contributed by atoms with van der Waals surface area (Å²) in [6.07, 6.45) is 2.64. The highest BCUT2D eigenvalue weighted by atomic mass is 32.2. The molecule has 2 N–H and O–H groups in total. The van der Waals surface area contributed by atoms with Crippen molar-refractivity contribution in [2.45, 2.75) is 57.2 Å². The first kappa shape index (κ1) is 19.0. The molecule has 0 bridgehead atoms. The number of sulfonamides is 1. The van der Waals surface area contributed by atoms with E-state index in [9.17, 15) is 13.2 Å². The van der Waals surface area contributed by atoms with E-state index < -0.39 is 14.8 Å². The lowest BCUT2D eigenvalue weighted by Gasteiger charge is -2.30. The van der Waals surface area contributed by atoms with Gasteiger partial charge in [-0.05, 0) is 58.6 Å². The fourth-order valence-electron chi connectivity index (χ4n) is 3.09. The van der Waals surface area contributed by atoms with Gasteiger partial charge in [-0.3, -0.25) is 4.79 Å². The van der Waals surface area contributed by atoms with Crippen molar-refractivity contribution in [3.8, 4) is 11.5 Å². The quantitative estimate of drug-likeness (QED) is 0.835. The minimum absolute atomic E-state index is 0.0407. The third kappa shape index (κ3) is 4.12. The molecule has 7 nitrogen and oxygen atoms in total. The molecule has 0 atom stereocenters. The molecular formula is C18H26N2O5S. The smallest absolute Gasteiger partial charge is 0.231 e. The van der Waals surface area contributed by atoms with Gasteiger partial charge in [-0.1, -0.05) is 0 Å². The SMILES string of the molecule is CC(C)(C)S(=O)(=O)NC1CCC(C(=O)Nc2ccc3c(c2)OCO3)CC1. The van der Waals surface area contributed by atoms with Crippen LogP contribution in [-0.2, 0) is 14.8 Å². The van der Waals surface area contributed by atoms with Crippen LogP contribution in [-0.4, -0.2) is 31.9 Å². The molecule has 2 aliphatic rings. The topological polar surface area (TPSA) is 93.7 Å². The Labute approximate surface area is 154 Å². The average molecular weight is 382 g/mol. The second kappa shape index (κ2) is 7.08. The van der Waals surface area contributed by atoms with Crippen molar-refractivity contribution < 1.29 is 22.7 Å². The summed E-state index contributed by atoms with van der Waals surface area (Å²) < 4.78 is 37.0. The third-order valence-electron chi connectivity index (χ3n) is 4.87. The number of anilines is 1. The van der Waals surface area contributed by atoms with Gasteiger partial charge >= 0.3 is 0 Å². The van der Waals surface area contributed by atoms with Crippen LogP contribution in [0, 0.1) is 5.92 Å². The lowest BCUT2D eigenvalue weighted by Crippen LogP contribution is -2.46. The molecule has 1 aliphatic heterocycles. The summed E-state index contributed by atoms with van der Waals surface area (Å²) >= 11 is 0. The minimum Gasteiger partial charge on any atom is -0.454 e.